The maximum absolute atomic E-state index is 12.2. The van der Waals surface area contributed by atoms with E-state index in [1.54, 1.807) is 10.4 Å². The van der Waals surface area contributed by atoms with Gasteiger partial charge in [-0.05, 0) is 49.9 Å². The van der Waals surface area contributed by atoms with E-state index >= 15 is 0 Å². The van der Waals surface area contributed by atoms with Crippen LogP contribution in [0.4, 0.5) is 10.5 Å². The van der Waals surface area contributed by atoms with E-state index < -0.39 is 8.07 Å². The number of amides is 2. The summed E-state index contributed by atoms with van der Waals surface area (Å²) in [5.74, 6) is 0.681. The second-order valence-corrected chi connectivity index (χ2v) is 13.8. The third kappa shape index (κ3) is 6.95. The zero-order valence-corrected chi connectivity index (χ0v) is 18.1. The molecule has 0 spiro atoms. The van der Waals surface area contributed by atoms with Crippen LogP contribution in [0.25, 0.3) is 0 Å². The van der Waals surface area contributed by atoms with Crippen LogP contribution in [0.5, 0.6) is 5.75 Å². The smallest absolute Gasteiger partial charge is 0.331 e. The lowest BCUT2D eigenvalue weighted by Gasteiger charge is -2.19. The number of carbonyl (C=O) groups is 1. The van der Waals surface area contributed by atoms with E-state index in [0.29, 0.717) is 29.6 Å². The Bertz CT molecular complexity index is 560. The van der Waals surface area contributed by atoms with Crippen LogP contribution in [0.1, 0.15) is 18.9 Å². The monoisotopic (exact) mass is 388 g/mol. The number of urea groups is 1. The predicted molar refractivity (Wildman–Crippen MR) is 109 cm³/mol. The average Bonchev–Trinajstić information content (AvgIpc) is 2.48. The molecule has 0 heterocycles. The molecule has 136 valence electrons. The molecule has 0 aromatic heterocycles. The lowest BCUT2D eigenvalue weighted by Crippen LogP contribution is -2.29. The molecule has 0 aliphatic rings. The number of nitrogens with zero attached hydrogens (tertiary/aromatic N) is 1. The minimum Gasteiger partial charge on any atom is -0.492 e. The molecule has 0 bridgehead atoms. The lowest BCUT2D eigenvalue weighted by atomic mass is 10.2. The fourth-order valence-electron chi connectivity index (χ4n) is 2.22. The fourth-order valence-corrected chi connectivity index (χ4v) is 4.11. The molecule has 0 saturated heterocycles. The van der Waals surface area contributed by atoms with Crippen molar-refractivity contribution in [3.8, 4) is 5.75 Å². The summed E-state index contributed by atoms with van der Waals surface area (Å²) in [6, 6.07) is 4.74. The van der Waals surface area contributed by atoms with Gasteiger partial charge in [-0.25, -0.2) is 4.79 Å². The Morgan fingerprint density at radius 2 is 2.04 bits per heavy atom. The van der Waals surface area contributed by atoms with Crippen molar-refractivity contribution in [2.75, 3.05) is 24.7 Å². The summed E-state index contributed by atoms with van der Waals surface area (Å²) in [7, 11) is -1.03. The van der Waals surface area contributed by atoms with Gasteiger partial charge in [-0.1, -0.05) is 37.3 Å². The van der Waals surface area contributed by atoms with Crippen LogP contribution in [-0.4, -0.2) is 37.8 Å². The number of benzene rings is 1. The van der Waals surface area contributed by atoms with Gasteiger partial charge in [0, 0.05) is 26.6 Å². The highest BCUT2D eigenvalue weighted by molar-refractivity contribution is 7.96. The molecule has 1 aromatic rings. The van der Waals surface area contributed by atoms with Crippen molar-refractivity contribution in [3.05, 3.63) is 22.7 Å². The second-order valence-electron chi connectivity index (χ2n) is 6.92. The summed E-state index contributed by atoms with van der Waals surface area (Å²) >= 11 is 7.71. The van der Waals surface area contributed by atoms with Crippen molar-refractivity contribution in [1.82, 2.24) is 4.31 Å². The van der Waals surface area contributed by atoms with Gasteiger partial charge in [-0.2, -0.15) is 0 Å². The van der Waals surface area contributed by atoms with Crippen LogP contribution >= 0.6 is 23.5 Å². The SMILES string of the molecule is CCN(SC)C(=O)Nc1cc(Cl)c(OCCC[Si](C)(C)C)cc1C. The van der Waals surface area contributed by atoms with Gasteiger partial charge in [-0.3, -0.25) is 4.31 Å². The summed E-state index contributed by atoms with van der Waals surface area (Å²) in [4.78, 5) is 12.2. The van der Waals surface area contributed by atoms with Crippen LogP contribution in [0.15, 0.2) is 12.1 Å². The van der Waals surface area contributed by atoms with Crippen molar-refractivity contribution >= 4 is 43.3 Å². The highest BCUT2D eigenvalue weighted by atomic mass is 35.5. The Morgan fingerprint density at radius 1 is 1.38 bits per heavy atom. The molecule has 2 amide bonds. The van der Waals surface area contributed by atoms with Gasteiger partial charge in [0.05, 0.1) is 11.6 Å². The van der Waals surface area contributed by atoms with E-state index in [9.17, 15) is 4.79 Å². The zero-order valence-electron chi connectivity index (χ0n) is 15.5. The maximum Gasteiger partial charge on any atom is 0.331 e. The van der Waals surface area contributed by atoms with E-state index in [-0.39, 0.29) is 6.03 Å². The van der Waals surface area contributed by atoms with Gasteiger partial charge >= 0.3 is 6.03 Å². The molecule has 0 radical (unpaired) electrons. The Balaban J connectivity index is 2.70. The third-order valence-corrected chi connectivity index (χ3v) is 6.60. The maximum atomic E-state index is 12.2. The first-order valence-electron chi connectivity index (χ1n) is 8.23. The number of nitrogens with one attached hydrogen (secondary N) is 1. The second kappa shape index (κ2) is 9.58. The largest absolute Gasteiger partial charge is 0.492 e. The fraction of sp³-hybridized carbons (Fsp3) is 0.588. The predicted octanol–water partition coefficient (Wildman–Crippen LogP) is 5.89. The number of anilines is 1. The molecule has 7 heteroatoms. The standard InChI is InChI=1S/C17H29ClN2O2SSi/c1-7-20(23-3)17(21)19-15-12-14(18)16(11-13(15)2)22-9-8-10-24(4,5)6/h11-12H,7-10H2,1-6H3,(H,19,21). The van der Waals surface area contributed by atoms with E-state index in [0.717, 1.165) is 12.0 Å². The molecule has 1 N–H and O–H groups in total. The van der Waals surface area contributed by atoms with Crippen LogP contribution in [0.3, 0.4) is 0 Å². The van der Waals surface area contributed by atoms with Crippen molar-refractivity contribution in [1.29, 1.82) is 0 Å². The number of aryl methyl sites for hydroxylation is 1. The molecule has 0 fully saturated rings. The number of rotatable bonds is 8. The Kier molecular flexibility index (Phi) is 8.46. The summed E-state index contributed by atoms with van der Waals surface area (Å²) < 4.78 is 7.47. The highest BCUT2D eigenvalue weighted by Gasteiger charge is 2.15. The molecular weight excluding hydrogens is 360 g/mol. The minimum atomic E-state index is -1.03. The number of ether oxygens (including phenoxy) is 1. The first-order valence-corrected chi connectivity index (χ1v) is 13.5. The Labute approximate surface area is 156 Å². The van der Waals surface area contributed by atoms with Crippen molar-refractivity contribution in [2.24, 2.45) is 0 Å². The van der Waals surface area contributed by atoms with Crippen LogP contribution in [0, 0.1) is 6.92 Å². The first kappa shape index (κ1) is 21.2. The number of hydrogen-bond acceptors (Lipinski definition) is 3. The van der Waals surface area contributed by atoms with Gasteiger partial charge in [0.2, 0.25) is 0 Å². The number of hydrogen-bond donors (Lipinski definition) is 1. The first-order chi connectivity index (χ1) is 11.2. The van der Waals surface area contributed by atoms with Gasteiger partial charge in [0.15, 0.2) is 0 Å². The molecule has 0 atom stereocenters. The van der Waals surface area contributed by atoms with Gasteiger partial charge < -0.3 is 10.1 Å². The van der Waals surface area contributed by atoms with Gasteiger partial charge in [0.1, 0.15) is 5.75 Å². The lowest BCUT2D eigenvalue weighted by molar-refractivity contribution is 0.239. The summed E-state index contributed by atoms with van der Waals surface area (Å²) in [6.45, 7) is 12.3. The molecular formula is C17H29ClN2O2SSi. The number of halogens is 1. The Morgan fingerprint density at radius 3 is 2.58 bits per heavy atom. The van der Waals surface area contributed by atoms with Crippen LogP contribution in [-0.2, 0) is 0 Å². The Hall–Kier alpha value is -0.853. The summed E-state index contributed by atoms with van der Waals surface area (Å²) in [6.07, 6.45) is 2.92. The van der Waals surface area contributed by atoms with E-state index in [1.807, 2.05) is 26.2 Å². The van der Waals surface area contributed by atoms with E-state index in [4.69, 9.17) is 16.3 Å². The molecule has 1 rings (SSSR count). The zero-order chi connectivity index (χ0) is 18.3. The molecule has 4 nitrogen and oxygen atoms in total. The quantitative estimate of drug-likeness (QED) is 0.343. The van der Waals surface area contributed by atoms with Gasteiger partial charge in [0.25, 0.3) is 0 Å². The molecule has 0 saturated carbocycles. The van der Waals surface area contributed by atoms with E-state index in [1.165, 1.54) is 18.0 Å². The van der Waals surface area contributed by atoms with Crippen molar-refractivity contribution in [3.63, 3.8) is 0 Å². The molecule has 1 aromatic carbocycles. The number of carbonyl (C=O) groups excluding carboxylic acids is 1. The minimum absolute atomic E-state index is 0.145. The molecule has 0 unspecified atom stereocenters. The van der Waals surface area contributed by atoms with Crippen LogP contribution < -0.4 is 10.1 Å². The molecule has 24 heavy (non-hydrogen) atoms. The summed E-state index contributed by atoms with van der Waals surface area (Å²) in [5.41, 5.74) is 1.65. The average molecular weight is 389 g/mol. The van der Waals surface area contributed by atoms with Crippen molar-refractivity contribution in [2.45, 2.75) is 46.0 Å². The summed E-state index contributed by atoms with van der Waals surface area (Å²) in [5, 5.41) is 3.42. The molecule has 0 aliphatic carbocycles. The third-order valence-electron chi connectivity index (χ3n) is 3.58. The van der Waals surface area contributed by atoms with Crippen LogP contribution in [0.2, 0.25) is 30.7 Å². The van der Waals surface area contributed by atoms with Gasteiger partial charge in [-0.15, -0.1) is 0 Å². The van der Waals surface area contributed by atoms with Crippen molar-refractivity contribution < 1.29 is 9.53 Å². The normalized spacial score (nSPS) is 11.3. The highest BCUT2D eigenvalue weighted by Crippen LogP contribution is 2.31. The topological polar surface area (TPSA) is 41.6 Å². The van der Waals surface area contributed by atoms with E-state index in [2.05, 4.69) is 25.0 Å². The molecule has 0 aliphatic heterocycles.